The summed E-state index contributed by atoms with van der Waals surface area (Å²) in [5.41, 5.74) is 1.38. The number of rotatable bonds is 2. The summed E-state index contributed by atoms with van der Waals surface area (Å²) in [5, 5.41) is 1.48. The third-order valence-electron chi connectivity index (χ3n) is 4.03. The molecule has 1 fully saturated rings. The van der Waals surface area contributed by atoms with Crippen LogP contribution in [0.2, 0.25) is 0 Å². The zero-order chi connectivity index (χ0) is 13.9. The fourth-order valence-electron chi connectivity index (χ4n) is 2.95. The van der Waals surface area contributed by atoms with E-state index in [0.717, 1.165) is 11.7 Å². The van der Waals surface area contributed by atoms with E-state index in [1.807, 2.05) is 11.8 Å². The van der Waals surface area contributed by atoms with Crippen LogP contribution < -0.4 is 24.0 Å². The molecule has 1 aromatic carbocycles. The van der Waals surface area contributed by atoms with E-state index in [-0.39, 0.29) is 24.0 Å². The quantitative estimate of drug-likeness (QED) is 0.404. The topological polar surface area (TPSA) is 12.2 Å². The molecule has 3 unspecified atom stereocenters. The van der Waals surface area contributed by atoms with Crippen molar-refractivity contribution in [2.45, 2.75) is 30.6 Å². The van der Waals surface area contributed by atoms with Gasteiger partial charge in [0, 0.05) is 5.92 Å². The van der Waals surface area contributed by atoms with Crippen LogP contribution in [0.3, 0.4) is 0 Å². The number of allylic oxidation sites excluding steroid dienone is 2. The highest BCUT2D eigenvalue weighted by Crippen LogP contribution is 2.46. The number of ether oxygens (including phenoxy) is 1. The Hall–Kier alpha value is -0.490. The molecule has 21 heavy (non-hydrogen) atoms. The highest BCUT2D eigenvalue weighted by molar-refractivity contribution is 8.13. The van der Waals surface area contributed by atoms with Crippen molar-refractivity contribution in [3.63, 3.8) is 0 Å². The van der Waals surface area contributed by atoms with Crippen LogP contribution in [0.15, 0.2) is 42.5 Å². The number of nitrogens with zero attached hydrogens (tertiary/aromatic N) is 1. The second-order valence-corrected chi connectivity index (χ2v) is 6.83. The van der Waals surface area contributed by atoms with E-state index < -0.39 is 0 Å². The highest BCUT2D eigenvalue weighted by atomic mass is 127. The van der Waals surface area contributed by atoms with Crippen LogP contribution in [0.5, 0.6) is 0 Å². The lowest BCUT2D eigenvalue weighted by molar-refractivity contribution is -0.471. The first-order valence-electron chi connectivity index (χ1n) is 7.33. The average Bonchev–Trinajstić information content (AvgIpc) is 2.94. The summed E-state index contributed by atoms with van der Waals surface area (Å²) in [6.07, 6.45) is 8.49. The fourth-order valence-corrected chi connectivity index (χ4v) is 4.25. The maximum Gasteiger partial charge on any atom is 0.401 e. The summed E-state index contributed by atoms with van der Waals surface area (Å²) in [4.78, 5) is 0. The predicted molar refractivity (Wildman–Crippen MR) is 85.2 cm³/mol. The van der Waals surface area contributed by atoms with Crippen LogP contribution in [-0.2, 0) is 4.74 Å². The number of hydrogen-bond donors (Lipinski definition) is 0. The average molecular weight is 415 g/mol. The van der Waals surface area contributed by atoms with Gasteiger partial charge in [0.1, 0.15) is 20.2 Å². The first-order chi connectivity index (χ1) is 9.75. The van der Waals surface area contributed by atoms with Crippen LogP contribution in [-0.4, -0.2) is 30.0 Å². The van der Waals surface area contributed by atoms with Gasteiger partial charge in [-0.1, -0.05) is 42.5 Å². The normalized spacial score (nSPS) is 27.9. The first kappa shape index (κ1) is 16.9. The van der Waals surface area contributed by atoms with Crippen molar-refractivity contribution in [3.8, 4) is 0 Å². The lowest BCUT2D eigenvalue weighted by Crippen LogP contribution is -3.00. The number of halogens is 1. The van der Waals surface area contributed by atoms with E-state index in [2.05, 4.69) is 61.2 Å². The SMILES string of the molecule is C[N+](C)=C1OC(C2CC=CCC2)C(c2ccccc2)S1.[I-]. The predicted octanol–water partition coefficient (Wildman–Crippen LogP) is 0.848. The van der Waals surface area contributed by atoms with Crippen molar-refractivity contribution in [2.75, 3.05) is 14.1 Å². The van der Waals surface area contributed by atoms with Crippen LogP contribution in [0, 0.1) is 5.92 Å². The number of hydrogen-bond acceptors (Lipinski definition) is 2. The van der Waals surface area contributed by atoms with Gasteiger partial charge in [-0.15, -0.1) is 0 Å². The minimum Gasteiger partial charge on any atom is -1.00 e. The smallest absolute Gasteiger partial charge is 0.401 e. The largest absolute Gasteiger partial charge is 1.00 e. The summed E-state index contributed by atoms with van der Waals surface area (Å²) < 4.78 is 8.40. The van der Waals surface area contributed by atoms with E-state index >= 15 is 0 Å². The standard InChI is InChI=1S/C17H22NOS.HI/c1-18(2)17-19-15(13-9-5-3-6-10-13)16(20-17)14-11-7-4-8-12-14;/h3-5,7-8,11-13,15-16H,6,9-10H2,1-2H3;1H/q+1;/p-1. The van der Waals surface area contributed by atoms with Crippen LogP contribution >= 0.6 is 11.8 Å². The Kier molecular flexibility index (Phi) is 6.17. The molecule has 0 amide bonds. The molecule has 1 aliphatic heterocycles. The van der Waals surface area contributed by atoms with Crippen molar-refractivity contribution >= 4 is 17.0 Å². The Morgan fingerprint density at radius 1 is 1.14 bits per heavy atom. The van der Waals surface area contributed by atoms with Crippen LogP contribution in [0.1, 0.15) is 30.1 Å². The number of thioether (sulfide) groups is 1. The molecule has 2 aliphatic rings. The van der Waals surface area contributed by atoms with Gasteiger partial charge in [0.05, 0.1) is 5.25 Å². The zero-order valence-electron chi connectivity index (χ0n) is 12.5. The Labute approximate surface area is 148 Å². The molecule has 0 N–H and O–H groups in total. The molecule has 3 atom stereocenters. The summed E-state index contributed by atoms with van der Waals surface area (Å²) in [6.45, 7) is 0. The number of benzene rings is 1. The van der Waals surface area contributed by atoms with Gasteiger partial charge in [-0.3, -0.25) is 0 Å². The molecule has 3 rings (SSSR count). The van der Waals surface area contributed by atoms with E-state index in [1.54, 1.807) is 0 Å². The van der Waals surface area contributed by atoms with E-state index in [9.17, 15) is 0 Å². The zero-order valence-corrected chi connectivity index (χ0v) is 15.5. The monoisotopic (exact) mass is 415 g/mol. The van der Waals surface area contributed by atoms with Gasteiger partial charge in [0.2, 0.25) is 0 Å². The molecule has 1 saturated heterocycles. The highest BCUT2D eigenvalue weighted by Gasteiger charge is 2.43. The Morgan fingerprint density at radius 2 is 1.90 bits per heavy atom. The molecule has 114 valence electrons. The molecule has 1 aromatic rings. The minimum absolute atomic E-state index is 0. The summed E-state index contributed by atoms with van der Waals surface area (Å²) in [7, 11) is 4.13. The third kappa shape index (κ3) is 3.83. The summed E-state index contributed by atoms with van der Waals surface area (Å²) in [6, 6.07) is 10.8. The maximum absolute atomic E-state index is 6.30. The molecular formula is C17H22INOS. The minimum atomic E-state index is 0. The van der Waals surface area contributed by atoms with Gasteiger partial charge >= 0.3 is 5.23 Å². The van der Waals surface area contributed by atoms with Gasteiger partial charge in [-0.05, 0) is 36.6 Å². The van der Waals surface area contributed by atoms with Crippen LogP contribution in [0.25, 0.3) is 0 Å². The van der Waals surface area contributed by atoms with Crippen molar-refractivity contribution in [2.24, 2.45) is 5.92 Å². The van der Waals surface area contributed by atoms with Gasteiger partial charge < -0.3 is 28.7 Å². The molecule has 0 bridgehead atoms. The van der Waals surface area contributed by atoms with Crippen molar-refractivity contribution in [1.82, 2.24) is 0 Å². The second-order valence-electron chi connectivity index (χ2n) is 5.74. The van der Waals surface area contributed by atoms with E-state index in [4.69, 9.17) is 4.74 Å². The molecule has 0 spiro atoms. The molecule has 0 radical (unpaired) electrons. The lowest BCUT2D eigenvalue weighted by Gasteiger charge is -2.26. The Balaban J connectivity index is 0.00000161. The molecule has 2 nitrogen and oxygen atoms in total. The van der Waals surface area contributed by atoms with Gasteiger partial charge in [0.15, 0.2) is 0 Å². The van der Waals surface area contributed by atoms with Gasteiger partial charge in [-0.25, -0.2) is 0 Å². The Bertz CT molecular complexity index is 525. The van der Waals surface area contributed by atoms with Gasteiger partial charge in [0.25, 0.3) is 0 Å². The molecule has 1 aliphatic carbocycles. The van der Waals surface area contributed by atoms with Gasteiger partial charge in [-0.2, -0.15) is 4.58 Å². The molecule has 0 saturated carbocycles. The second kappa shape index (κ2) is 7.68. The summed E-state index contributed by atoms with van der Waals surface area (Å²) >= 11 is 1.87. The molecule has 0 aromatic heterocycles. The summed E-state index contributed by atoms with van der Waals surface area (Å²) in [5.74, 6) is 0.634. The van der Waals surface area contributed by atoms with Crippen molar-refractivity contribution in [1.29, 1.82) is 0 Å². The lowest BCUT2D eigenvalue weighted by atomic mass is 9.86. The van der Waals surface area contributed by atoms with E-state index in [1.165, 1.54) is 18.4 Å². The molecule has 4 heteroatoms. The van der Waals surface area contributed by atoms with Crippen LogP contribution in [0.4, 0.5) is 0 Å². The van der Waals surface area contributed by atoms with E-state index in [0.29, 0.717) is 17.3 Å². The first-order valence-corrected chi connectivity index (χ1v) is 8.21. The Morgan fingerprint density at radius 3 is 2.52 bits per heavy atom. The molecule has 1 heterocycles. The maximum atomic E-state index is 6.30. The third-order valence-corrected chi connectivity index (χ3v) is 5.49. The fraction of sp³-hybridized carbons (Fsp3) is 0.471. The van der Waals surface area contributed by atoms with Crippen molar-refractivity contribution < 1.29 is 33.3 Å². The van der Waals surface area contributed by atoms with Crippen molar-refractivity contribution in [3.05, 3.63) is 48.0 Å². The molecular weight excluding hydrogens is 393 g/mol.